The van der Waals surface area contributed by atoms with Gasteiger partial charge in [0.05, 0.1) is 17.7 Å². The van der Waals surface area contributed by atoms with Crippen LogP contribution in [0.2, 0.25) is 5.02 Å². The maximum Gasteiger partial charge on any atom is 0.405 e. The quantitative estimate of drug-likeness (QED) is 0.149. The number of halogens is 4. The predicted molar refractivity (Wildman–Crippen MR) is 180 cm³/mol. The van der Waals surface area contributed by atoms with Crippen LogP contribution >= 0.6 is 11.6 Å². The molecule has 4 aromatic rings. The molecule has 3 aromatic heterocycles. The number of piperazine rings is 1. The molecule has 14 heteroatoms. The van der Waals surface area contributed by atoms with Crippen molar-refractivity contribution in [2.75, 3.05) is 39.3 Å². The summed E-state index contributed by atoms with van der Waals surface area (Å²) in [5, 5.41) is 3.15. The van der Waals surface area contributed by atoms with Crippen molar-refractivity contribution in [3.8, 4) is 11.3 Å². The second-order valence-corrected chi connectivity index (χ2v) is 12.7. The molecule has 0 spiro atoms. The zero-order chi connectivity index (χ0) is 35.8. The topological polar surface area (TPSA) is 114 Å². The van der Waals surface area contributed by atoms with E-state index in [1.165, 1.54) is 5.32 Å². The van der Waals surface area contributed by atoms with Gasteiger partial charge in [0.15, 0.2) is 5.76 Å². The van der Waals surface area contributed by atoms with Crippen LogP contribution in [-0.2, 0) is 26.3 Å². The van der Waals surface area contributed by atoms with Crippen LogP contribution in [-0.4, -0.2) is 83.7 Å². The van der Waals surface area contributed by atoms with Gasteiger partial charge in [0.1, 0.15) is 24.0 Å². The van der Waals surface area contributed by atoms with Gasteiger partial charge in [-0.2, -0.15) is 13.2 Å². The van der Waals surface area contributed by atoms with E-state index in [0.717, 1.165) is 66.3 Å². The lowest BCUT2D eigenvalue weighted by atomic mass is 9.99. The van der Waals surface area contributed by atoms with Gasteiger partial charge in [-0.25, -0.2) is 4.98 Å². The molecule has 1 N–H and O–H groups in total. The Morgan fingerprint density at radius 3 is 2.35 bits per heavy atom. The number of furan rings is 1. The van der Waals surface area contributed by atoms with Gasteiger partial charge in [-0.05, 0) is 57.5 Å². The minimum absolute atomic E-state index is 0.00743. The summed E-state index contributed by atoms with van der Waals surface area (Å²) in [4.78, 5) is 35.5. The number of aromatic nitrogens is 2. The zero-order valence-electron chi connectivity index (χ0n) is 28.3. The van der Waals surface area contributed by atoms with Gasteiger partial charge in [-0.3, -0.25) is 24.4 Å². The van der Waals surface area contributed by atoms with Crippen molar-refractivity contribution in [3.63, 3.8) is 0 Å². The third-order valence-electron chi connectivity index (χ3n) is 8.43. The number of aryl methyl sites for hydroxylation is 1. The minimum atomic E-state index is -4.29. The van der Waals surface area contributed by atoms with Gasteiger partial charge in [-0.15, -0.1) is 0 Å². The summed E-state index contributed by atoms with van der Waals surface area (Å²) < 4.78 is 51.1. The molecule has 1 amide bonds. The summed E-state index contributed by atoms with van der Waals surface area (Å²) in [5.41, 5.74) is 2.45. The largest absolute Gasteiger partial charge is 0.461 e. The third-order valence-corrected chi connectivity index (χ3v) is 8.68. The van der Waals surface area contributed by atoms with E-state index in [4.69, 9.17) is 25.2 Å². The SMILES string of the molecule is CC.Cc1cncc2cc(CC3C[C@@H](CN4CCN(C(C)(C)c5ncc(-c6ccc(Cl)cc6)o5)CC4)OC3=O)oc12.O=CNCC(F)(F)F. The van der Waals surface area contributed by atoms with Crippen LogP contribution in [0.25, 0.3) is 22.3 Å². The Bertz CT molecular complexity index is 1670. The Morgan fingerprint density at radius 2 is 1.73 bits per heavy atom. The summed E-state index contributed by atoms with van der Waals surface area (Å²) in [6, 6.07) is 9.57. The Balaban J connectivity index is 0.000000478. The molecule has 1 aromatic carbocycles. The highest BCUT2D eigenvalue weighted by molar-refractivity contribution is 6.30. The van der Waals surface area contributed by atoms with Crippen LogP contribution in [0.5, 0.6) is 0 Å². The monoisotopic (exact) mass is 705 g/mol. The van der Waals surface area contributed by atoms with Gasteiger partial charge in [0.2, 0.25) is 12.3 Å². The van der Waals surface area contributed by atoms with Crippen LogP contribution in [0.15, 0.2) is 57.8 Å². The normalized spacial score (nSPS) is 18.7. The number of hydrogen-bond donors (Lipinski definition) is 1. The van der Waals surface area contributed by atoms with Gasteiger partial charge < -0.3 is 18.9 Å². The molecule has 2 saturated heterocycles. The second-order valence-electron chi connectivity index (χ2n) is 12.3. The number of benzene rings is 1. The van der Waals surface area contributed by atoms with Crippen LogP contribution < -0.4 is 5.32 Å². The number of ether oxygens (including phenoxy) is 1. The molecule has 0 aliphatic carbocycles. The predicted octanol–water partition coefficient (Wildman–Crippen LogP) is 6.79. The lowest BCUT2D eigenvalue weighted by Gasteiger charge is -2.42. The molecule has 2 aliphatic rings. The van der Waals surface area contributed by atoms with Crippen molar-refractivity contribution in [2.45, 2.75) is 65.3 Å². The van der Waals surface area contributed by atoms with Gasteiger partial charge in [-0.1, -0.05) is 25.4 Å². The molecule has 266 valence electrons. The maximum absolute atomic E-state index is 12.6. The molecular weight excluding hydrogens is 663 g/mol. The molecule has 10 nitrogen and oxygen atoms in total. The first-order valence-corrected chi connectivity index (χ1v) is 16.7. The Labute approximate surface area is 288 Å². The molecule has 49 heavy (non-hydrogen) atoms. The number of nitrogens with zero attached hydrogens (tertiary/aromatic N) is 4. The number of cyclic esters (lactones) is 1. The molecule has 6 rings (SSSR count). The number of rotatable bonds is 9. The number of nitrogens with one attached hydrogen (secondary N) is 1. The average molecular weight is 706 g/mol. The number of fused-ring (bicyclic) bond motifs is 1. The van der Waals surface area contributed by atoms with E-state index in [0.29, 0.717) is 23.8 Å². The van der Waals surface area contributed by atoms with Gasteiger partial charge in [0.25, 0.3) is 0 Å². The molecule has 5 heterocycles. The fraction of sp³-hybridized carbons (Fsp3) is 0.486. The van der Waals surface area contributed by atoms with Gasteiger partial charge in [0, 0.05) is 73.1 Å². The first-order valence-electron chi connectivity index (χ1n) is 16.3. The molecule has 0 radical (unpaired) electrons. The van der Waals surface area contributed by atoms with E-state index in [9.17, 15) is 22.8 Å². The molecule has 2 aliphatic heterocycles. The Hall–Kier alpha value is -3.94. The van der Waals surface area contributed by atoms with Crippen molar-refractivity contribution in [2.24, 2.45) is 5.92 Å². The number of carbonyl (C=O) groups is 2. The fourth-order valence-electron chi connectivity index (χ4n) is 5.87. The van der Waals surface area contributed by atoms with Crippen LogP contribution in [0, 0.1) is 12.8 Å². The number of oxazole rings is 1. The number of esters is 1. The Morgan fingerprint density at radius 1 is 1.04 bits per heavy atom. The molecule has 2 atom stereocenters. The highest BCUT2D eigenvalue weighted by atomic mass is 35.5. The van der Waals surface area contributed by atoms with E-state index in [-0.39, 0.29) is 29.9 Å². The summed E-state index contributed by atoms with van der Waals surface area (Å²) >= 11 is 6.02. The number of carbonyl (C=O) groups excluding carboxylic acids is 2. The van der Waals surface area contributed by atoms with E-state index >= 15 is 0 Å². The van der Waals surface area contributed by atoms with Crippen molar-refractivity contribution in [3.05, 3.63) is 71.2 Å². The van der Waals surface area contributed by atoms with E-state index < -0.39 is 12.7 Å². The van der Waals surface area contributed by atoms with Crippen LogP contribution in [0.1, 0.15) is 51.3 Å². The molecule has 1 unspecified atom stereocenters. The number of hydrogen-bond acceptors (Lipinski definition) is 9. The second kappa shape index (κ2) is 16.6. The standard InChI is InChI=1S/C30H33ClN4O4.C3H4F3NO.C2H6/c1-19-15-32-16-22-14-24(37-27(19)22)12-21-13-25(38-28(21)36)18-34-8-10-35(11-9-34)30(2,3)29-33-17-26(39-29)20-4-6-23(31)7-5-20;4-3(5,6)1-7-2-8;1-2/h4-7,14-17,21,25H,8-13,18H2,1-3H3;2H,1H2,(H,7,8);1-2H3/t21?,25-;;/m0../s1. The molecule has 0 bridgehead atoms. The number of alkyl halides is 3. The van der Waals surface area contributed by atoms with Crippen molar-refractivity contribution in [1.82, 2.24) is 25.1 Å². The van der Waals surface area contributed by atoms with E-state index in [1.54, 1.807) is 18.6 Å². The van der Waals surface area contributed by atoms with E-state index in [2.05, 4.69) is 33.6 Å². The van der Waals surface area contributed by atoms with E-state index in [1.807, 2.05) is 51.1 Å². The molecule has 2 fully saturated rings. The maximum atomic E-state index is 12.6. The van der Waals surface area contributed by atoms with Crippen LogP contribution in [0.4, 0.5) is 13.2 Å². The van der Waals surface area contributed by atoms with Crippen molar-refractivity contribution >= 4 is 34.9 Å². The summed E-state index contributed by atoms with van der Waals surface area (Å²) in [6.07, 6.45) is 2.26. The van der Waals surface area contributed by atoms with Crippen molar-refractivity contribution in [1.29, 1.82) is 0 Å². The first kappa shape index (κ1) is 37.9. The lowest BCUT2D eigenvalue weighted by Crippen LogP contribution is -2.54. The molecular formula is C35H43ClF3N5O5. The molecule has 0 saturated carbocycles. The summed E-state index contributed by atoms with van der Waals surface area (Å²) in [7, 11) is 0. The highest BCUT2D eigenvalue weighted by Gasteiger charge is 2.39. The average Bonchev–Trinajstić information content (AvgIpc) is 3.81. The smallest absolute Gasteiger partial charge is 0.405 e. The fourth-order valence-corrected chi connectivity index (χ4v) is 6.00. The number of pyridine rings is 1. The van der Waals surface area contributed by atoms with Crippen molar-refractivity contribution < 1.29 is 36.3 Å². The first-order chi connectivity index (χ1) is 23.3. The number of amides is 1. The summed E-state index contributed by atoms with van der Waals surface area (Å²) in [6.45, 7) is 13.3. The highest BCUT2D eigenvalue weighted by Crippen LogP contribution is 2.33. The Kier molecular flexibility index (Phi) is 12.9. The zero-order valence-corrected chi connectivity index (χ0v) is 29.1. The lowest BCUT2D eigenvalue weighted by molar-refractivity contribution is -0.145. The minimum Gasteiger partial charge on any atom is -0.461 e. The van der Waals surface area contributed by atoms with Gasteiger partial charge >= 0.3 is 12.1 Å². The summed E-state index contributed by atoms with van der Waals surface area (Å²) in [5.74, 6) is 1.94. The third kappa shape index (κ3) is 10.1. The van der Waals surface area contributed by atoms with Crippen LogP contribution in [0.3, 0.4) is 0 Å².